The average molecular weight is 172 g/mol. The van der Waals surface area contributed by atoms with Crippen LogP contribution in [0.2, 0.25) is 0 Å². The summed E-state index contributed by atoms with van der Waals surface area (Å²) in [7, 11) is 2.00. The Morgan fingerprint density at radius 2 is 2.42 bits per heavy atom. The van der Waals surface area contributed by atoms with Crippen LogP contribution in [0.25, 0.3) is 0 Å². The molecule has 1 amide bonds. The van der Waals surface area contributed by atoms with Gasteiger partial charge in [0.1, 0.15) is 0 Å². The molecule has 0 aromatic heterocycles. The minimum atomic E-state index is -0.281. The first-order valence-corrected chi connectivity index (χ1v) is 4.18. The number of nitrogens with two attached hydrogens (primary N) is 1. The van der Waals surface area contributed by atoms with Gasteiger partial charge in [0.2, 0.25) is 5.91 Å². The van der Waals surface area contributed by atoms with E-state index in [1.165, 1.54) is 0 Å². The fraction of sp³-hybridized carbons (Fsp3) is 0.875. The topological polar surface area (TPSA) is 55.6 Å². The maximum atomic E-state index is 10.6. The minimum Gasteiger partial charge on any atom is -0.370 e. The molecule has 1 heterocycles. The third kappa shape index (κ3) is 2.46. The van der Waals surface area contributed by atoms with Crippen molar-refractivity contribution in [1.82, 2.24) is 4.90 Å². The van der Waals surface area contributed by atoms with Crippen molar-refractivity contribution < 1.29 is 9.53 Å². The number of carbonyl (C=O) groups excluding carboxylic acids is 1. The molecule has 4 heteroatoms. The maximum Gasteiger partial charge on any atom is 0.220 e. The lowest BCUT2D eigenvalue weighted by atomic mass is 10.00. The second kappa shape index (κ2) is 3.87. The molecule has 0 spiro atoms. The van der Waals surface area contributed by atoms with Crippen LogP contribution in [-0.4, -0.2) is 37.2 Å². The van der Waals surface area contributed by atoms with Gasteiger partial charge in [0.25, 0.3) is 0 Å². The van der Waals surface area contributed by atoms with Crippen molar-refractivity contribution in [3.8, 4) is 0 Å². The SMILES string of the molecule is C[C@@H]1CN(C)CO[C@H]1CC(N)=O. The predicted octanol–water partition coefficient (Wildman–Crippen LogP) is -0.214. The van der Waals surface area contributed by atoms with Gasteiger partial charge in [-0.25, -0.2) is 0 Å². The van der Waals surface area contributed by atoms with Gasteiger partial charge in [0.05, 0.1) is 19.3 Å². The highest BCUT2D eigenvalue weighted by Gasteiger charge is 2.25. The van der Waals surface area contributed by atoms with Crippen LogP contribution < -0.4 is 5.73 Å². The van der Waals surface area contributed by atoms with Gasteiger partial charge in [-0.2, -0.15) is 0 Å². The van der Waals surface area contributed by atoms with Crippen LogP contribution in [0.5, 0.6) is 0 Å². The Labute approximate surface area is 72.7 Å². The molecular formula is C8H16N2O2. The molecule has 4 nitrogen and oxygen atoms in total. The zero-order valence-corrected chi connectivity index (χ0v) is 7.62. The summed E-state index contributed by atoms with van der Waals surface area (Å²) in [6.45, 7) is 3.64. The second-order valence-electron chi connectivity index (χ2n) is 3.52. The number of carbonyl (C=O) groups is 1. The van der Waals surface area contributed by atoms with E-state index in [0.717, 1.165) is 6.54 Å². The lowest BCUT2D eigenvalue weighted by molar-refractivity contribution is -0.129. The van der Waals surface area contributed by atoms with E-state index in [1.54, 1.807) is 0 Å². The van der Waals surface area contributed by atoms with Crippen LogP contribution in [-0.2, 0) is 9.53 Å². The number of ether oxygens (including phenoxy) is 1. The van der Waals surface area contributed by atoms with E-state index < -0.39 is 0 Å². The summed E-state index contributed by atoms with van der Waals surface area (Å²) in [6.07, 6.45) is 0.355. The molecule has 0 aromatic carbocycles. The summed E-state index contributed by atoms with van der Waals surface area (Å²) in [5.74, 6) is 0.104. The predicted molar refractivity (Wildman–Crippen MR) is 45.3 cm³/mol. The Balaban J connectivity index is 2.39. The number of hydrogen-bond acceptors (Lipinski definition) is 3. The van der Waals surface area contributed by atoms with E-state index in [0.29, 0.717) is 19.1 Å². The van der Waals surface area contributed by atoms with Gasteiger partial charge in [-0.1, -0.05) is 6.92 Å². The summed E-state index contributed by atoms with van der Waals surface area (Å²) >= 11 is 0. The fourth-order valence-electron chi connectivity index (χ4n) is 1.51. The maximum absolute atomic E-state index is 10.6. The molecule has 0 saturated carbocycles. The smallest absolute Gasteiger partial charge is 0.220 e. The largest absolute Gasteiger partial charge is 0.370 e. The van der Waals surface area contributed by atoms with Crippen molar-refractivity contribution in [3.63, 3.8) is 0 Å². The molecule has 70 valence electrons. The highest BCUT2D eigenvalue weighted by atomic mass is 16.5. The number of nitrogens with zero attached hydrogens (tertiary/aromatic N) is 1. The lowest BCUT2D eigenvalue weighted by Gasteiger charge is -2.34. The van der Waals surface area contributed by atoms with E-state index >= 15 is 0 Å². The molecule has 1 aliphatic rings. The van der Waals surface area contributed by atoms with Gasteiger partial charge in [-0.15, -0.1) is 0 Å². The van der Waals surface area contributed by atoms with Gasteiger partial charge in [-0.3, -0.25) is 9.69 Å². The number of primary amides is 1. The normalized spacial score (nSPS) is 31.8. The zero-order valence-electron chi connectivity index (χ0n) is 7.62. The Hall–Kier alpha value is -0.610. The molecule has 0 bridgehead atoms. The van der Waals surface area contributed by atoms with Crippen molar-refractivity contribution in [2.24, 2.45) is 11.7 Å². The number of amides is 1. The van der Waals surface area contributed by atoms with Crippen LogP contribution in [0.4, 0.5) is 0 Å². The van der Waals surface area contributed by atoms with E-state index in [-0.39, 0.29) is 12.0 Å². The zero-order chi connectivity index (χ0) is 9.14. The summed E-state index contributed by atoms with van der Waals surface area (Å²) in [5.41, 5.74) is 5.09. The monoisotopic (exact) mass is 172 g/mol. The van der Waals surface area contributed by atoms with Gasteiger partial charge in [-0.05, 0) is 13.0 Å². The van der Waals surface area contributed by atoms with Crippen molar-refractivity contribution in [3.05, 3.63) is 0 Å². The fourth-order valence-corrected chi connectivity index (χ4v) is 1.51. The van der Waals surface area contributed by atoms with Crippen LogP contribution in [0, 0.1) is 5.92 Å². The van der Waals surface area contributed by atoms with E-state index in [2.05, 4.69) is 11.8 Å². The highest BCUT2D eigenvalue weighted by Crippen LogP contribution is 2.17. The molecule has 1 rings (SSSR count). The van der Waals surface area contributed by atoms with Crippen LogP contribution in [0.15, 0.2) is 0 Å². The Kier molecular flexibility index (Phi) is 3.05. The highest BCUT2D eigenvalue weighted by molar-refractivity contribution is 5.74. The third-order valence-corrected chi connectivity index (χ3v) is 2.15. The van der Waals surface area contributed by atoms with Crippen molar-refractivity contribution in [2.75, 3.05) is 20.3 Å². The Bertz CT molecular complexity index is 172. The molecule has 0 aliphatic carbocycles. The lowest BCUT2D eigenvalue weighted by Crippen LogP contribution is -2.43. The van der Waals surface area contributed by atoms with Crippen molar-refractivity contribution in [1.29, 1.82) is 0 Å². The summed E-state index contributed by atoms with van der Waals surface area (Å²) in [4.78, 5) is 12.7. The van der Waals surface area contributed by atoms with Crippen LogP contribution in [0.1, 0.15) is 13.3 Å². The van der Waals surface area contributed by atoms with Gasteiger partial charge in [0, 0.05) is 6.54 Å². The molecule has 0 aromatic rings. The molecule has 1 fully saturated rings. The van der Waals surface area contributed by atoms with Crippen molar-refractivity contribution in [2.45, 2.75) is 19.4 Å². The first-order chi connectivity index (χ1) is 5.59. The van der Waals surface area contributed by atoms with Crippen LogP contribution >= 0.6 is 0 Å². The first kappa shape index (κ1) is 9.48. The minimum absolute atomic E-state index is 0.0127. The quantitative estimate of drug-likeness (QED) is 0.627. The van der Waals surface area contributed by atoms with E-state index in [4.69, 9.17) is 10.5 Å². The molecule has 2 atom stereocenters. The average Bonchev–Trinajstić information content (AvgIpc) is 1.94. The second-order valence-corrected chi connectivity index (χ2v) is 3.52. The van der Waals surface area contributed by atoms with Gasteiger partial charge < -0.3 is 10.5 Å². The Morgan fingerprint density at radius 1 is 1.75 bits per heavy atom. The number of rotatable bonds is 2. The molecule has 1 aliphatic heterocycles. The van der Waals surface area contributed by atoms with Gasteiger partial charge in [0.15, 0.2) is 0 Å². The first-order valence-electron chi connectivity index (χ1n) is 4.18. The molecule has 2 N–H and O–H groups in total. The number of hydrogen-bond donors (Lipinski definition) is 1. The molecule has 0 unspecified atom stereocenters. The summed E-state index contributed by atoms with van der Waals surface area (Å²) in [5, 5.41) is 0. The van der Waals surface area contributed by atoms with E-state index in [1.807, 2.05) is 7.05 Å². The summed E-state index contributed by atoms with van der Waals surface area (Å²) < 4.78 is 5.44. The van der Waals surface area contributed by atoms with Gasteiger partial charge >= 0.3 is 0 Å². The standard InChI is InChI=1S/C8H16N2O2/c1-6-4-10(2)5-12-7(6)3-8(9)11/h6-7H,3-5H2,1-2H3,(H2,9,11)/t6-,7+/m1/s1. The molecule has 12 heavy (non-hydrogen) atoms. The molecule has 1 saturated heterocycles. The summed E-state index contributed by atoms with van der Waals surface area (Å²) in [6, 6.07) is 0. The van der Waals surface area contributed by atoms with Crippen LogP contribution in [0.3, 0.4) is 0 Å². The van der Waals surface area contributed by atoms with Crippen molar-refractivity contribution >= 4 is 5.91 Å². The molecule has 0 radical (unpaired) electrons. The van der Waals surface area contributed by atoms with E-state index in [9.17, 15) is 4.79 Å². The Morgan fingerprint density at radius 3 is 2.92 bits per heavy atom. The molecular weight excluding hydrogens is 156 g/mol. The third-order valence-electron chi connectivity index (χ3n) is 2.15.